The Balaban J connectivity index is 2.17. The van der Waals surface area contributed by atoms with Crippen LogP contribution in [0.4, 0.5) is 11.4 Å². The maximum absolute atomic E-state index is 11.8. The molecular weight excluding hydrogens is 222 g/mol. The smallest absolute Gasteiger partial charge is 0.292 e. The molecule has 0 unspecified atom stereocenters. The summed E-state index contributed by atoms with van der Waals surface area (Å²) in [4.78, 5) is 21.9. The van der Waals surface area contributed by atoms with E-state index in [1.807, 2.05) is 0 Å². The summed E-state index contributed by atoms with van der Waals surface area (Å²) in [5.41, 5.74) is 5.57. The molecule has 6 heteroatoms. The number of hydrogen-bond acceptors (Lipinski definition) is 4. The molecule has 1 amide bonds. The second kappa shape index (κ2) is 4.40. The van der Waals surface area contributed by atoms with Gasteiger partial charge < -0.3 is 11.1 Å². The fourth-order valence-corrected chi connectivity index (χ4v) is 1.66. The SMILES string of the molecule is Nc1ccc(C(=O)NC2CCC2)cc1[N+](=O)[O-]. The Morgan fingerprint density at radius 1 is 1.47 bits per heavy atom. The highest BCUT2D eigenvalue weighted by Gasteiger charge is 2.21. The topological polar surface area (TPSA) is 98.3 Å². The monoisotopic (exact) mass is 235 g/mol. The molecule has 1 saturated carbocycles. The van der Waals surface area contributed by atoms with Crippen molar-refractivity contribution in [1.29, 1.82) is 0 Å². The van der Waals surface area contributed by atoms with Crippen LogP contribution in [0.3, 0.4) is 0 Å². The van der Waals surface area contributed by atoms with Crippen molar-refractivity contribution in [1.82, 2.24) is 5.32 Å². The lowest BCUT2D eigenvalue weighted by Crippen LogP contribution is -2.39. The van der Waals surface area contributed by atoms with Gasteiger partial charge in [0.15, 0.2) is 0 Å². The molecule has 2 rings (SSSR count). The number of amides is 1. The molecule has 1 aliphatic carbocycles. The molecule has 17 heavy (non-hydrogen) atoms. The van der Waals surface area contributed by atoms with E-state index >= 15 is 0 Å². The molecule has 0 radical (unpaired) electrons. The summed E-state index contributed by atoms with van der Waals surface area (Å²) in [5, 5.41) is 13.5. The minimum absolute atomic E-state index is 0.0650. The molecule has 0 aromatic heterocycles. The molecule has 6 nitrogen and oxygen atoms in total. The summed E-state index contributed by atoms with van der Waals surface area (Å²) in [6, 6.07) is 4.30. The van der Waals surface area contributed by atoms with Crippen LogP contribution in [-0.4, -0.2) is 16.9 Å². The van der Waals surface area contributed by atoms with Crippen molar-refractivity contribution in [3.05, 3.63) is 33.9 Å². The quantitative estimate of drug-likeness (QED) is 0.470. The molecule has 0 heterocycles. The van der Waals surface area contributed by atoms with Crippen LogP contribution in [0.25, 0.3) is 0 Å². The van der Waals surface area contributed by atoms with Gasteiger partial charge in [0.1, 0.15) is 5.69 Å². The Labute approximate surface area is 98.0 Å². The fraction of sp³-hybridized carbons (Fsp3) is 0.364. The van der Waals surface area contributed by atoms with Crippen molar-refractivity contribution in [2.45, 2.75) is 25.3 Å². The highest BCUT2D eigenvalue weighted by molar-refractivity contribution is 5.95. The summed E-state index contributed by atoms with van der Waals surface area (Å²) in [6.07, 6.45) is 3.07. The van der Waals surface area contributed by atoms with Crippen molar-refractivity contribution < 1.29 is 9.72 Å². The van der Waals surface area contributed by atoms with Gasteiger partial charge >= 0.3 is 0 Å². The number of anilines is 1. The van der Waals surface area contributed by atoms with Gasteiger partial charge in [-0.25, -0.2) is 0 Å². The first-order valence-corrected chi connectivity index (χ1v) is 5.42. The van der Waals surface area contributed by atoms with Crippen LogP contribution in [0, 0.1) is 10.1 Å². The standard InChI is InChI=1S/C11H13N3O3/c12-9-5-4-7(6-10(9)14(16)17)11(15)13-8-2-1-3-8/h4-6,8H,1-3,12H2,(H,13,15). The van der Waals surface area contributed by atoms with E-state index in [0.717, 1.165) is 19.3 Å². The van der Waals surface area contributed by atoms with Gasteiger partial charge in [0.05, 0.1) is 4.92 Å². The zero-order chi connectivity index (χ0) is 12.4. The number of carbonyl (C=O) groups excluding carboxylic acids is 1. The molecule has 1 aromatic rings. The van der Waals surface area contributed by atoms with Gasteiger partial charge in [-0.1, -0.05) is 0 Å². The van der Waals surface area contributed by atoms with Gasteiger partial charge in [0.25, 0.3) is 11.6 Å². The van der Waals surface area contributed by atoms with Gasteiger partial charge in [0, 0.05) is 17.7 Å². The zero-order valence-electron chi connectivity index (χ0n) is 9.18. The van der Waals surface area contributed by atoms with Gasteiger partial charge in [0.2, 0.25) is 0 Å². The normalized spacial score (nSPS) is 15.1. The predicted molar refractivity (Wildman–Crippen MR) is 62.6 cm³/mol. The molecule has 0 saturated heterocycles. The molecule has 90 valence electrons. The number of nitrogen functional groups attached to an aromatic ring is 1. The third kappa shape index (κ3) is 2.35. The van der Waals surface area contributed by atoms with Crippen molar-refractivity contribution >= 4 is 17.3 Å². The van der Waals surface area contributed by atoms with Crippen LogP contribution < -0.4 is 11.1 Å². The van der Waals surface area contributed by atoms with Crippen LogP contribution in [-0.2, 0) is 0 Å². The van der Waals surface area contributed by atoms with Gasteiger partial charge in [-0.3, -0.25) is 14.9 Å². The molecule has 0 spiro atoms. The Morgan fingerprint density at radius 2 is 2.18 bits per heavy atom. The van der Waals surface area contributed by atoms with Gasteiger partial charge in [-0.05, 0) is 31.4 Å². The molecule has 0 atom stereocenters. The van der Waals surface area contributed by atoms with E-state index in [0.29, 0.717) is 0 Å². The molecule has 0 aliphatic heterocycles. The van der Waals surface area contributed by atoms with Crippen LogP contribution in [0.5, 0.6) is 0 Å². The average Bonchev–Trinajstić information content (AvgIpc) is 2.23. The Kier molecular flexibility index (Phi) is 2.95. The van der Waals surface area contributed by atoms with Gasteiger partial charge in [-0.2, -0.15) is 0 Å². The Hall–Kier alpha value is -2.11. The number of nitrogens with zero attached hydrogens (tertiary/aromatic N) is 1. The van der Waals surface area contributed by atoms with E-state index in [9.17, 15) is 14.9 Å². The van der Waals surface area contributed by atoms with E-state index in [1.54, 1.807) is 0 Å². The Bertz CT molecular complexity index is 469. The summed E-state index contributed by atoms with van der Waals surface area (Å²) in [5.74, 6) is -0.280. The second-order valence-corrected chi connectivity index (χ2v) is 4.13. The van der Waals surface area contributed by atoms with E-state index in [1.165, 1.54) is 18.2 Å². The number of rotatable bonds is 3. The predicted octanol–water partition coefficient (Wildman–Crippen LogP) is 1.46. The third-order valence-corrected chi connectivity index (χ3v) is 2.93. The van der Waals surface area contributed by atoms with Crippen LogP contribution in [0.15, 0.2) is 18.2 Å². The average molecular weight is 235 g/mol. The highest BCUT2D eigenvalue weighted by Crippen LogP contribution is 2.23. The fourth-order valence-electron chi connectivity index (χ4n) is 1.66. The summed E-state index contributed by atoms with van der Waals surface area (Å²) in [7, 11) is 0. The van der Waals surface area contributed by atoms with Crippen molar-refractivity contribution in [3.8, 4) is 0 Å². The Morgan fingerprint density at radius 3 is 2.71 bits per heavy atom. The highest BCUT2D eigenvalue weighted by atomic mass is 16.6. The first kappa shape index (κ1) is 11.4. The maximum atomic E-state index is 11.8. The molecule has 1 aliphatic rings. The van der Waals surface area contributed by atoms with Gasteiger partial charge in [-0.15, -0.1) is 0 Å². The van der Waals surface area contributed by atoms with Crippen LogP contribution in [0.1, 0.15) is 29.6 Å². The number of benzene rings is 1. The van der Waals surface area contributed by atoms with Crippen molar-refractivity contribution in [3.63, 3.8) is 0 Å². The molecule has 0 bridgehead atoms. The number of nitrogens with two attached hydrogens (primary N) is 1. The second-order valence-electron chi connectivity index (χ2n) is 4.13. The largest absolute Gasteiger partial charge is 0.393 e. The molecule has 3 N–H and O–H groups in total. The van der Waals surface area contributed by atoms with E-state index in [-0.39, 0.29) is 28.9 Å². The lowest BCUT2D eigenvalue weighted by molar-refractivity contribution is -0.383. The van der Waals surface area contributed by atoms with Crippen LogP contribution in [0.2, 0.25) is 0 Å². The lowest BCUT2D eigenvalue weighted by atomic mass is 9.93. The minimum atomic E-state index is -0.588. The van der Waals surface area contributed by atoms with Crippen LogP contribution >= 0.6 is 0 Å². The van der Waals surface area contributed by atoms with Crippen molar-refractivity contribution in [2.24, 2.45) is 0 Å². The number of nitro groups is 1. The lowest BCUT2D eigenvalue weighted by Gasteiger charge is -2.26. The molecule has 1 fully saturated rings. The zero-order valence-corrected chi connectivity index (χ0v) is 9.18. The third-order valence-electron chi connectivity index (χ3n) is 2.93. The van der Waals surface area contributed by atoms with Crippen molar-refractivity contribution in [2.75, 3.05) is 5.73 Å². The minimum Gasteiger partial charge on any atom is -0.393 e. The maximum Gasteiger partial charge on any atom is 0.292 e. The first-order valence-electron chi connectivity index (χ1n) is 5.42. The number of hydrogen-bond donors (Lipinski definition) is 2. The molecule has 1 aromatic carbocycles. The van der Waals surface area contributed by atoms with E-state index < -0.39 is 4.92 Å². The van der Waals surface area contributed by atoms with E-state index in [4.69, 9.17) is 5.73 Å². The summed E-state index contributed by atoms with van der Waals surface area (Å²) in [6.45, 7) is 0. The molecular formula is C11H13N3O3. The number of nitrogens with one attached hydrogen (secondary N) is 1. The van der Waals surface area contributed by atoms with E-state index in [2.05, 4.69) is 5.32 Å². The first-order chi connectivity index (χ1) is 8.08. The summed E-state index contributed by atoms with van der Waals surface area (Å²) >= 11 is 0. The number of nitro benzene ring substituents is 1. The summed E-state index contributed by atoms with van der Waals surface area (Å²) < 4.78 is 0. The number of carbonyl (C=O) groups is 1.